The summed E-state index contributed by atoms with van der Waals surface area (Å²) in [6.07, 6.45) is -5.79. The molecule has 1 heterocycles. The molecule has 1 aliphatic rings. The summed E-state index contributed by atoms with van der Waals surface area (Å²) in [6, 6.07) is 12.2. The van der Waals surface area contributed by atoms with Crippen molar-refractivity contribution in [1.29, 1.82) is 0 Å². The molecule has 8 heteroatoms. The molecule has 0 bridgehead atoms. The van der Waals surface area contributed by atoms with Crippen molar-refractivity contribution in [3.8, 4) is 5.75 Å². The lowest BCUT2D eigenvalue weighted by Gasteiger charge is -2.47. The van der Waals surface area contributed by atoms with E-state index in [1.165, 1.54) is 0 Å². The number of aliphatic hydroxyl groups excluding tert-OH is 3. The molecule has 1 saturated heterocycles. The van der Waals surface area contributed by atoms with Crippen LogP contribution in [0.5, 0.6) is 5.75 Å². The van der Waals surface area contributed by atoms with Crippen LogP contribution in [0.15, 0.2) is 42.5 Å². The van der Waals surface area contributed by atoms with E-state index in [1.54, 1.807) is 24.3 Å². The standard InChI is InChI=1S/C16H18O8/c17-8-15(20)14(12(18)13(19)16(21,22)24-15)23-11-7-3-5-9-4-1-2-6-10(9)11/h1-7,12-14,17-22H,8H2/t12-,13-,14+,15-/m1/s1. The van der Waals surface area contributed by atoms with Gasteiger partial charge in [-0.2, -0.15) is 0 Å². The molecular weight excluding hydrogens is 320 g/mol. The van der Waals surface area contributed by atoms with Crippen molar-refractivity contribution in [2.24, 2.45) is 0 Å². The molecule has 24 heavy (non-hydrogen) atoms. The first kappa shape index (κ1) is 17.1. The molecule has 3 rings (SSSR count). The Bertz CT molecular complexity index is 728. The monoisotopic (exact) mass is 338 g/mol. The third kappa shape index (κ3) is 2.74. The van der Waals surface area contributed by atoms with E-state index in [-0.39, 0.29) is 5.75 Å². The third-order valence-corrected chi connectivity index (χ3v) is 4.02. The minimum Gasteiger partial charge on any atom is -0.481 e. The predicted octanol–water partition coefficient (Wildman–Crippen LogP) is -1.34. The van der Waals surface area contributed by atoms with Crippen molar-refractivity contribution < 1.29 is 40.1 Å². The van der Waals surface area contributed by atoms with E-state index in [9.17, 15) is 30.6 Å². The molecule has 0 aromatic heterocycles. The predicted molar refractivity (Wildman–Crippen MR) is 80.7 cm³/mol. The van der Waals surface area contributed by atoms with Crippen LogP contribution in [0, 0.1) is 0 Å². The van der Waals surface area contributed by atoms with Crippen LogP contribution in [0.4, 0.5) is 0 Å². The molecule has 2 aromatic carbocycles. The highest BCUT2D eigenvalue weighted by Crippen LogP contribution is 2.36. The zero-order chi connectivity index (χ0) is 17.5. The average molecular weight is 338 g/mol. The Morgan fingerprint density at radius 1 is 1.00 bits per heavy atom. The van der Waals surface area contributed by atoms with Gasteiger partial charge in [-0.15, -0.1) is 0 Å². The number of ether oxygens (including phenoxy) is 2. The Morgan fingerprint density at radius 3 is 2.38 bits per heavy atom. The molecule has 6 N–H and O–H groups in total. The summed E-state index contributed by atoms with van der Waals surface area (Å²) in [4.78, 5) is 0. The summed E-state index contributed by atoms with van der Waals surface area (Å²) in [7, 11) is 0. The smallest absolute Gasteiger partial charge is 0.310 e. The maximum absolute atomic E-state index is 10.3. The fourth-order valence-electron chi connectivity index (χ4n) is 2.75. The minimum atomic E-state index is -3.24. The van der Waals surface area contributed by atoms with Gasteiger partial charge in [-0.1, -0.05) is 36.4 Å². The Balaban J connectivity index is 2.00. The summed E-state index contributed by atoms with van der Waals surface area (Å²) in [6.45, 7) is -1.10. The van der Waals surface area contributed by atoms with Gasteiger partial charge in [-0.05, 0) is 11.5 Å². The Morgan fingerprint density at radius 2 is 1.67 bits per heavy atom. The van der Waals surface area contributed by atoms with Gasteiger partial charge in [-0.3, -0.25) is 4.74 Å². The van der Waals surface area contributed by atoms with Gasteiger partial charge >= 0.3 is 5.97 Å². The van der Waals surface area contributed by atoms with Crippen LogP contribution in [0.25, 0.3) is 10.8 Å². The fraction of sp³-hybridized carbons (Fsp3) is 0.375. The molecule has 1 fully saturated rings. The topological polar surface area (TPSA) is 140 Å². The van der Waals surface area contributed by atoms with Gasteiger partial charge in [-0.25, -0.2) is 0 Å². The van der Waals surface area contributed by atoms with Gasteiger partial charge in [0.1, 0.15) is 18.5 Å². The highest BCUT2D eigenvalue weighted by Gasteiger charge is 2.61. The normalized spacial score (nSPS) is 32.7. The highest BCUT2D eigenvalue weighted by atomic mass is 16.8. The summed E-state index contributed by atoms with van der Waals surface area (Å²) >= 11 is 0. The fourth-order valence-corrected chi connectivity index (χ4v) is 2.75. The van der Waals surface area contributed by atoms with Crippen LogP contribution in [0.3, 0.4) is 0 Å². The number of rotatable bonds is 3. The molecule has 0 aliphatic carbocycles. The van der Waals surface area contributed by atoms with E-state index in [4.69, 9.17) is 4.74 Å². The molecule has 8 nitrogen and oxygen atoms in total. The van der Waals surface area contributed by atoms with E-state index >= 15 is 0 Å². The summed E-state index contributed by atoms with van der Waals surface area (Å²) in [5.41, 5.74) is 0. The van der Waals surface area contributed by atoms with Gasteiger partial charge < -0.3 is 35.4 Å². The molecule has 4 atom stereocenters. The number of benzene rings is 2. The molecule has 0 saturated carbocycles. The highest BCUT2D eigenvalue weighted by molar-refractivity contribution is 5.88. The zero-order valence-electron chi connectivity index (χ0n) is 12.5. The van der Waals surface area contributed by atoms with Crippen molar-refractivity contribution in [3.05, 3.63) is 42.5 Å². The molecule has 0 spiro atoms. The summed E-state index contributed by atoms with van der Waals surface area (Å²) < 4.78 is 10.2. The second kappa shape index (κ2) is 5.94. The molecule has 2 aromatic rings. The largest absolute Gasteiger partial charge is 0.481 e. The Hall–Kier alpha value is -1.78. The lowest BCUT2D eigenvalue weighted by atomic mass is 9.94. The minimum absolute atomic E-state index is 0.253. The van der Waals surface area contributed by atoms with Crippen molar-refractivity contribution >= 4 is 10.8 Å². The van der Waals surface area contributed by atoms with Gasteiger partial charge in [0.15, 0.2) is 12.2 Å². The lowest BCUT2D eigenvalue weighted by molar-refractivity contribution is -0.492. The Labute approximate surface area is 136 Å². The number of aliphatic hydroxyl groups is 6. The van der Waals surface area contributed by atoms with Crippen molar-refractivity contribution in [1.82, 2.24) is 0 Å². The number of fused-ring (bicyclic) bond motifs is 1. The maximum Gasteiger partial charge on any atom is 0.310 e. The number of hydrogen-bond acceptors (Lipinski definition) is 8. The third-order valence-electron chi connectivity index (χ3n) is 4.02. The van der Waals surface area contributed by atoms with Crippen LogP contribution < -0.4 is 4.74 Å². The average Bonchev–Trinajstić information content (AvgIpc) is 2.57. The first-order valence-corrected chi connectivity index (χ1v) is 7.27. The second-order valence-corrected chi connectivity index (χ2v) is 5.71. The van der Waals surface area contributed by atoms with E-state index in [1.807, 2.05) is 18.2 Å². The quantitative estimate of drug-likeness (QED) is 0.378. The van der Waals surface area contributed by atoms with E-state index in [2.05, 4.69) is 4.74 Å². The number of hydrogen-bond donors (Lipinski definition) is 6. The van der Waals surface area contributed by atoms with Crippen LogP contribution in [0.1, 0.15) is 0 Å². The van der Waals surface area contributed by atoms with Crippen LogP contribution in [0.2, 0.25) is 0 Å². The van der Waals surface area contributed by atoms with Gasteiger partial charge in [0.25, 0.3) is 0 Å². The van der Waals surface area contributed by atoms with Crippen molar-refractivity contribution in [2.45, 2.75) is 30.1 Å². The van der Waals surface area contributed by atoms with E-state index in [0.717, 1.165) is 5.39 Å². The first-order chi connectivity index (χ1) is 11.3. The van der Waals surface area contributed by atoms with Gasteiger partial charge in [0.2, 0.25) is 5.79 Å². The van der Waals surface area contributed by atoms with Crippen molar-refractivity contribution in [2.75, 3.05) is 6.61 Å². The van der Waals surface area contributed by atoms with Crippen LogP contribution >= 0.6 is 0 Å². The summed E-state index contributed by atoms with van der Waals surface area (Å²) in [5, 5.41) is 60.1. The first-order valence-electron chi connectivity index (χ1n) is 7.27. The van der Waals surface area contributed by atoms with Gasteiger partial charge in [0.05, 0.1) is 0 Å². The summed E-state index contributed by atoms with van der Waals surface area (Å²) in [5.74, 6) is -5.63. The molecule has 1 aliphatic heterocycles. The van der Waals surface area contributed by atoms with Crippen LogP contribution in [-0.2, 0) is 4.74 Å². The lowest BCUT2D eigenvalue weighted by Crippen LogP contribution is -2.72. The van der Waals surface area contributed by atoms with Crippen molar-refractivity contribution in [3.63, 3.8) is 0 Å². The molecular formula is C16H18O8. The van der Waals surface area contributed by atoms with Gasteiger partial charge in [0, 0.05) is 5.39 Å². The van der Waals surface area contributed by atoms with E-state index < -0.39 is 36.7 Å². The molecule has 0 radical (unpaired) electrons. The molecule has 130 valence electrons. The Kier molecular flexibility index (Phi) is 4.22. The van der Waals surface area contributed by atoms with Crippen LogP contribution in [-0.4, -0.2) is 67.3 Å². The maximum atomic E-state index is 10.3. The van der Waals surface area contributed by atoms with E-state index in [0.29, 0.717) is 5.39 Å². The molecule has 0 amide bonds. The second-order valence-electron chi connectivity index (χ2n) is 5.71. The molecule has 0 unspecified atom stereocenters. The SMILES string of the molecule is OC[C@@]1(O)OC(O)(O)[C@H](O)[C@@H](O)[C@@H]1Oc1cccc2ccccc12. The zero-order valence-corrected chi connectivity index (χ0v) is 12.5.